The third kappa shape index (κ3) is 4.53. The smallest absolute Gasteiger partial charge is 0.327 e. The van der Waals surface area contributed by atoms with Crippen LogP contribution in [0.25, 0.3) is 11.2 Å². The van der Waals surface area contributed by atoms with Gasteiger partial charge in [-0.2, -0.15) is 15.2 Å². The molecule has 0 radical (unpaired) electrons. The monoisotopic (exact) mass is 492 g/mol. The second-order valence-electron chi connectivity index (χ2n) is 7.05. The van der Waals surface area contributed by atoms with Crippen molar-refractivity contribution in [2.75, 3.05) is 14.1 Å². The molecule has 0 saturated carbocycles. The van der Waals surface area contributed by atoms with Crippen molar-refractivity contribution in [3.05, 3.63) is 63.9 Å². The molecule has 2 heterocycles. The van der Waals surface area contributed by atoms with Crippen molar-refractivity contribution < 1.29 is 14.3 Å². The van der Waals surface area contributed by atoms with Crippen molar-refractivity contribution in [3.63, 3.8) is 0 Å². The maximum atomic E-state index is 12.2. The summed E-state index contributed by atoms with van der Waals surface area (Å²) in [5.41, 5.74) is 1.75. The first-order chi connectivity index (χ1) is 15.3. The minimum Gasteiger partial charge on any atom is -0.437 e. The van der Waals surface area contributed by atoms with E-state index in [9.17, 15) is 10.1 Å². The lowest BCUT2D eigenvalue weighted by Gasteiger charge is -2.12. The molecule has 4 aromatic rings. The van der Waals surface area contributed by atoms with E-state index in [-0.39, 0.29) is 17.8 Å². The number of nitriles is 1. The van der Waals surface area contributed by atoms with E-state index in [0.717, 1.165) is 0 Å². The molecule has 0 aliphatic heterocycles. The Labute approximate surface area is 191 Å². The number of imidazole rings is 1. The summed E-state index contributed by atoms with van der Waals surface area (Å²) in [6.07, 6.45) is 0. The van der Waals surface area contributed by atoms with Crippen LogP contribution in [-0.4, -0.2) is 44.8 Å². The van der Waals surface area contributed by atoms with E-state index in [1.807, 2.05) is 0 Å². The molecular formula is C22H17BrN6O3. The first-order valence-corrected chi connectivity index (χ1v) is 10.2. The maximum absolute atomic E-state index is 12.2. The standard InChI is InChI=1S/C22H17BrN6O3/c1-12-25-18-19(26-12)27-22(32-16-6-4-5-14(9-16)21(30)29(2)3)28-20(18)31-17-8-13(11-24)7-15(23)10-17/h4-10H,1-3H3,(H,25,26,27,28). The molecule has 4 rings (SSSR count). The van der Waals surface area contributed by atoms with Gasteiger partial charge < -0.3 is 19.4 Å². The molecule has 10 heteroatoms. The number of nitrogens with one attached hydrogen (secondary N) is 1. The molecule has 0 bridgehead atoms. The number of carbonyl (C=O) groups excluding carboxylic acids is 1. The number of benzene rings is 2. The van der Waals surface area contributed by atoms with Crippen molar-refractivity contribution >= 4 is 33.0 Å². The Morgan fingerprint density at radius 2 is 1.91 bits per heavy atom. The minimum atomic E-state index is -0.151. The SMILES string of the molecule is Cc1nc2nc(Oc3cccc(C(=O)N(C)C)c3)nc(Oc3cc(Br)cc(C#N)c3)c2[nH]1. The van der Waals surface area contributed by atoms with E-state index < -0.39 is 0 Å². The number of carbonyl (C=O) groups is 1. The molecule has 0 saturated heterocycles. The van der Waals surface area contributed by atoms with Crippen LogP contribution >= 0.6 is 15.9 Å². The Bertz CT molecular complexity index is 1380. The van der Waals surface area contributed by atoms with E-state index in [2.05, 4.69) is 41.9 Å². The molecule has 0 aliphatic carbocycles. The highest BCUT2D eigenvalue weighted by Crippen LogP contribution is 2.31. The molecule has 2 aromatic carbocycles. The summed E-state index contributed by atoms with van der Waals surface area (Å²) in [6.45, 7) is 1.79. The summed E-state index contributed by atoms with van der Waals surface area (Å²) >= 11 is 3.37. The summed E-state index contributed by atoms with van der Waals surface area (Å²) in [5.74, 6) is 1.47. The molecule has 32 heavy (non-hydrogen) atoms. The third-order valence-electron chi connectivity index (χ3n) is 4.33. The number of hydrogen-bond donors (Lipinski definition) is 1. The summed E-state index contributed by atoms with van der Waals surface area (Å²) in [4.78, 5) is 29.9. The Balaban J connectivity index is 1.72. The Morgan fingerprint density at radius 3 is 2.66 bits per heavy atom. The fourth-order valence-electron chi connectivity index (χ4n) is 2.94. The molecule has 0 spiro atoms. The number of rotatable bonds is 5. The zero-order valence-corrected chi connectivity index (χ0v) is 19.0. The average Bonchev–Trinajstić information content (AvgIpc) is 3.13. The van der Waals surface area contributed by atoms with Gasteiger partial charge in [0.25, 0.3) is 11.8 Å². The van der Waals surface area contributed by atoms with E-state index in [1.54, 1.807) is 63.5 Å². The van der Waals surface area contributed by atoms with Gasteiger partial charge in [-0.3, -0.25) is 4.79 Å². The molecule has 0 fully saturated rings. The lowest BCUT2D eigenvalue weighted by atomic mass is 10.2. The number of amides is 1. The normalized spacial score (nSPS) is 10.6. The molecule has 9 nitrogen and oxygen atoms in total. The number of H-pyrrole nitrogens is 1. The van der Waals surface area contributed by atoms with Crippen LogP contribution in [0.4, 0.5) is 0 Å². The van der Waals surface area contributed by atoms with Crippen LogP contribution in [0.1, 0.15) is 21.7 Å². The summed E-state index contributed by atoms with van der Waals surface area (Å²) in [6, 6.07) is 13.8. The summed E-state index contributed by atoms with van der Waals surface area (Å²) in [7, 11) is 3.35. The zero-order chi connectivity index (χ0) is 22.8. The van der Waals surface area contributed by atoms with Crippen molar-refractivity contribution in [3.8, 4) is 29.5 Å². The number of halogens is 1. The van der Waals surface area contributed by atoms with Crippen LogP contribution in [0.5, 0.6) is 23.4 Å². The van der Waals surface area contributed by atoms with E-state index in [1.165, 1.54) is 4.90 Å². The lowest BCUT2D eigenvalue weighted by Crippen LogP contribution is -2.21. The van der Waals surface area contributed by atoms with Crippen molar-refractivity contribution in [1.82, 2.24) is 24.8 Å². The highest BCUT2D eigenvalue weighted by atomic mass is 79.9. The van der Waals surface area contributed by atoms with Gasteiger partial charge in [0.1, 0.15) is 22.8 Å². The quantitative estimate of drug-likeness (QED) is 0.433. The van der Waals surface area contributed by atoms with Crippen molar-refractivity contribution in [2.24, 2.45) is 0 Å². The van der Waals surface area contributed by atoms with Crippen molar-refractivity contribution in [1.29, 1.82) is 5.26 Å². The number of aromatic amines is 1. The maximum Gasteiger partial charge on any atom is 0.327 e. The Morgan fingerprint density at radius 1 is 1.09 bits per heavy atom. The van der Waals surface area contributed by atoms with Gasteiger partial charge in [0.05, 0.1) is 11.6 Å². The number of nitrogens with zero attached hydrogens (tertiary/aromatic N) is 5. The number of aryl methyl sites for hydroxylation is 1. The molecule has 0 atom stereocenters. The second-order valence-corrected chi connectivity index (χ2v) is 7.97. The van der Waals surface area contributed by atoms with Crippen LogP contribution in [0.2, 0.25) is 0 Å². The number of aromatic nitrogens is 4. The number of fused-ring (bicyclic) bond motifs is 1. The predicted molar refractivity (Wildman–Crippen MR) is 120 cm³/mol. The molecule has 0 aliphatic rings. The van der Waals surface area contributed by atoms with Crippen LogP contribution < -0.4 is 9.47 Å². The van der Waals surface area contributed by atoms with Gasteiger partial charge in [0.2, 0.25) is 0 Å². The highest BCUT2D eigenvalue weighted by Gasteiger charge is 2.16. The van der Waals surface area contributed by atoms with Crippen LogP contribution in [0.15, 0.2) is 46.9 Å². The van der Waals surface area contributed by atoms with Gasteiger partial charge in [0.15, 0.2) is 5.65 Å². The molecular weight excluding hydrogens is 476 g/mol. The van der Waals surface area contributed by atoms with Gasteiger partial charge in [-0.05, 0) is 43.3 Å². The minimum absolute atomic E-state index is 0.00366. The Kier molecular flexibility index (Phi) is 5.75. The average molecular weight is 493 g/mol. The van der Waals surface area contributed by atoms with Gasteiger partial charge in [0, 0.05) is 24.1 Å². The molecule has 160 valence electrons. The topological polar surface area (TPSA) is 117 Å². The first kappa shape index (κ1) is 21.3. The van der Waals surface area contributed by atoms with Gasteiger partial charge in [-0.1, -0.05) is 22.0 Å². The van der Waals surface area contributed by atoms with E-state index in [0.29, 0.717) is 44.1 Å². The van der Waals surface area contributed by atoms with Gasteiger partial charge in [-0.25, -0.2) is 4.98 Å². The largest absolute Gasteiger partial charge is 0.437 e. The molecule has 1 N–H and O–H groups in total. The number of hydrogen-bond acceptors (Lipinski definition) is 7. The summed E-state index contributed by atoms with van der Waals surface area (Å²) < 4.78 is 12.5. The first-order valence-electron chi connectivity index (χ1n) is 9.45. The third-order valence-corrected chi connectivity index (χ3v) is 4.78. The summed E-state index contributed by atoms with van der Waals surface area (Å²) in [5, 5.41) is 9.22. The fourth-order valence-corrected chi connectivity index (χ4v) is 3.41. The predicted octanol–water partition coefficient (Wildman–Crippen LogP) is 4.58. The Hall–Kier alpha value is -3.97. The number of ether oxygens (including phenoxy) is 2. The molecule has 2 aromatic heterocycles. The van der Waals surface area contributed by atoms with Crippen LogP contribution in [0, 0.1) is 18.3 Å². The van der Waals surface area contributed by atoms with Crippen molar-refractivity contribution in [2.45, 2.75) is 6.92 Å². The lowest BCUT2D eigenvalue weighted by molar-refractivity contribution is 0.0827. The zero-order valence-electron chi connectivity index (χ0n) is 17.4. The van der Waals surface area contributed by atoms with Crippen LogP contribution in [-0.2, 0) is 0 Å². The van der Waals surface area contributed by atoms with E-state index >= 15 is 0 Å². The van der Waals surface area contributed by atoms with Crippen LogP contribution in [0.3, 0.4) is 0 Å². The fraction of sp³-hybridized carbons (Fsp3) is 0.136. The molecule has 1 amide bonds. The second kappa shape index (κ2) is 8.64. The van der Waals surface area contributed by atoms with Gasteiger partial charge >= 0.3 is 6.01 Å². The van der Waals surface area contributed by atoms with E-state index in [4.69, 9.17) is 9.47 Å². The highest BCUT2D eigenvalue weighted by molar-refractivity contribution is 9.10. The molecule has 0 unspecified atom stereocenters. The van der Waals surface area contributed by atoms with Gasteiger partial charge in [-0.15, -0.1) is 0 Å².